The molecule has 0 aliphatic heterocycles. The van der Waals surface area contributed by atoms with Crippen molar-refractivity contribution in [1.29, 1.82) is 0 Å². The predicted octanol–water partition coefficient (Wildman–Crippen LogP) is 5.66. The van der Waals surface area contributed by atoms with E-state index in [-0.39, 0.29) is 0 Å². The van der Waals surface area contributed by atoms with Crippen LogP contribution in [0.4, 0.5) is 0 Å². The van der Waals surface area contributed by atoms with Crippen molar-refractivity contribution in [2.45, 2.75) is 71.1 Å². The number of hydrogen-bond donors (Lipinski definition) is 1. The monoisotopic (exact) mass is 278 g/mol. The Bertz CT molecular complexity index is 301. The Labute approximate surface area is 124 Å². The summed E-state index contributed by atoms with van der Waals surface area (Å²) < 4.78 is 0. The van der Waals surface area contributed by atoms with Crippen molar-refractivity contribution >= 4 is 5.97 Å². The third kappa shape index (κ3) is 16.7. The average molecular weight is 278 g/mol. The number of carbonyl (C=O) groups is 1. The summed E-state index contributed by atoms with van der Waals surface area (Å²) in [4.78, 5) is 10.3. The van der Waals surface area contributed by atoms with Gasteiger partial charge in [0, 0.05) is 6.42 Å². The molecule has 0 heterocycles. The molecule has 2 heteroatoms. The van der Waals surface area contributed by atoms with Crippen LogP contribution < -0.4 is 0 Å². The lowest BCUT2D eigenvalue weighted by atomic mass is 10.1. The highest BCUT2D eigenvalue weighted by Gasteiger charge is 1.95. The van der Waals surface area contributed by atoms with Crippen LogP contribution in [0.15, 0.2) is 36.5 Å². The predicted molar refractivity (Wildman–Crippen MR) is 86.9 cm³/mol. The summed E-state index contributed by atoms with van der Waals surface area (Å²) in [5, 5.41) is 8.50. The Morgan fingerprint density at radius 1 is 0.800 bits per heavy atom. The Morgan fingerprint density at radius 3 is 2.00 bits per heavy atom. The van der Waals surface area contributed by atoms with E-state index in [4.69, 9.17) is 5.11 Å². The second-order valence-corrected chi connectivity index (χ2v) is 4.99. The lowest BCUT2D eigenvalue weighted by molar-refractivity contribution is -0.137. The first-order chi connectivity index (χ1) is 9.77. The second-order valence-electron chi connectivity index (χ2n) is 4.99. The maximum absolute atomic E-state index is 10.3. The third-order valence-electron chi connectivity index (χ3n) is 3.04. The molecule has 0 aliphatic rings. The highest BCUT2D eigenvalue weighted by Crippen LogP contribution is 2.07. The molecule has 0 atom stereocenters. The molecule has 20 heavy (non-hydrogen) atoms. The highest BCUT2D eigenvalue weighted by atomic mass is 16.4. The largest absolute Gasteiger partial charge is 0.481 e. The summed E-state index contributed by atoms with van der Waals surface area (Å²) in [6.45, 7) is 2.15. The molecule has 0 rings (SSSR count). The lowest BCUT2D eigenvalue weighted by Crippen LogP contribution is -1.93. The van der Waals surface area contributed by atoms with Crippen molar-refractivity contribution in [2.75, 3.05) is 0 Å². The minimum Gasteiger partial charge on any atom is -0.481 e. The van der Waals surface area contributed by atoms with Crippen molar-refractivity contribution in [3.05, 3.63) is 36.5 Å². The molecular formula is C18H30O2. The molecule has 0 aromatic carbocycles. The fourth-order valence-corrected chi connectivity index (χ4v) is 1.90. The van der Waals surface area contributed by atoms with Crippen LogP contribution in [-0.2, 0) is 4.79 Å². The van der Waals surface area contributed by atoms with Crippen LogP contribution in [-0.4, -0.2) is 11.1 Å². The lowest BCUT2D eigenvalue weighted by Gasteiger charge is -1.98. The zero-order valence-electron chi connectivity index (χ0n) is 12.9. The van der Waals surface area contributed by atoms with Gasteiger partial charge in [0.1, 0.15) is 0 Å². The fraction of sp³-hybridized carbons (Fsp3) is 0.611. The van der Waals surface area contributed by atoms with Crippen molar-refractivity contribution < 1.29 is 9.90 Å². The molecule has 2 nitrogen and oxygen atoms in total. The Morgan fingerprint density at radius 2 is 1.35 bits per heavy atom. The minimum absolute atomic E-state index is 0.319. The van der Waals surface area contributed by atoms with Gasteiger partial charge in [-0.1, -0.05) is 62.6 Å². The minimum atomic E-state index is -0.675. The smallest absolute Gasteiger partial charge is 0.303 e. The van der Waals surface area contributed by atoms with Gasteiger partial charge in [-0.2, -0.15) is 0 Å². The van der Waals surface area contributed by atoms with Gasteiger partial charge in [0.25, 0.3) is 0 Å². The van der Waals surface area contributed by atoms with Crippen LogP contribution in [0.3, 0.4) is 0 Å². The number of allylic oxidation sites excluding steroid dienone is 6. The van der Waals surface area contributed by atoms with Crippen LogP contribution in [0.1, 0.15) is 71.1 Å². The SMILES string of the molecule is CCC=CCC=CC/C=C\CCCCCCCC(=O)O. The van der Waals surface area contributed by atoms with E-state index in [0.29, 0.717) is 6.42 Å². The van der Waals surface area contributed by atoms with Crippen LogP contribution >= 0.6 is 0 Å². The Balaban J connectivity index is 3.23. The zero-order chi connectivity index (χ0) is 14.9. The highest BCUT2D eigenvalue weighted by molar-refractivity contribution is 5.66. The van der Waals surface area contributed by atoms with Gasteiger partial charge in [-0.05, 0) is 38.5 Å². The van der Waals surface area contributed by atoms with E-state index in [9.17, 15) is 4.79 Å². The van der Waals surface area contributed by atoms with Crippen LogP contribution in [0, 0.1) is 0 Å². The van der Waals surface area contributed by atoms with Gasteiger partial charge in [0.2, 0.25) is 0 Å². The van der Waals surface area contributed by atoms with Gasteiger partial charge in [0.05, 0.1) is 0 Å². The van der Waals surface area contributed by atoms with Crippen LogP contribution in [0.5, 0.6) is 0 Å². The quantitative estimate of drug-likeness (QED) is 0.348. The van der Waals surface area contributed by atoms with E-state index in [2.05, 4.69) is 43.4 Å². The zero-order valence-corrected chi connectivity index (χ0v) is 12.9. The molecule has 0 unspecified atom stereocenters. The van der Waals surface area contributed by atoms with E-state index < -0.39 is 5.97 Å². The first-order valence-corrected chi connectivity index (χ1v) is 7.94. The van der Waals surface area contributed by atoms with Crippen molar-refractivity contribution in [3.8, 4) is 0 Å². The molecule has 0 radical (unpaired) electrons. The Hall–Kier alpha value is -1.31. The molecule has 0 bridgehead atoms. The molecule has 0 aromatic heterocycles. The Kier molecular flexibility index (Phi) is 14.7. The van der Waals surface area contributed by atoms with E-state index in [1.807, 2.05) is 0 Å². The van der Waals surface area contributed by atoms with Gasteiger partial charge in [0.15, 0.2) is 0 Å². The van der Waals surface area contributed by atoms with Crippen LogP contribution in [0.25, 0.3) is 0 Å². The normalized spacial score (nSPS) is 12.1. The summed E-state index contributed by atoms with van der Waals surface area (Å²) in [6, 6.07) is 0. The number of rotatable bonds is 13. The van der Waals surface area contributed by atoms with Crippen molar-refractivity contribution in [2.24, 2.45) is 0 Å². The average Bonchev–Trinajstić information content (AvgIpc) is 2.43. The number of hydrogen-bond acceptors (Lipinski definition) is 1. The number of carboxylic acids is 1. The molecule has 0 aromatic rings. The summed E-state index contributed by atoms with van der Waals surface area (Å²) in [6.07, 6.45) is 23.4. The molecule has 114 valence electrons. The van der Waals surface area contributed by atoms with E-state index >= 15 is 0 Å². The summed E-state index contributed by atoms with van der Waals surface area (Å²) in [5.74, 6) is -0.675. The van der Waals surface area contributed by atoms with Gasteiger partial charge >= 0.3 is 5.97 Å². The first-order valence-electron chi connectivity index (χ1n) is 7.94. The first kappa shape index (κ1) is 18.7. The number of aliphatic carboxylic acids is 1. The topological polar surface area (TPSA) is 37.3 Å². The molecular weight excluding hydrogens is 248 g/mol. The summed E-state index contributed by atoms with van der Waals surface area (Å²) in [5.41, 5.74) is 0. The number of carboxylic acid groups (broad SMARTS) is 1. The molecule has 0 aliphatic carbocycles. The van der Waals surface area contributed by atoms with Crippen molar-refractivity contribution in [1.82, 2.24) is 0 Å². The maximum Gasteiger partial charge on any atom is 0.303 e. The molecule has 0 fully saturated rings. The van der Waals surface area contributed by atoms with E-state index in [1.165, 1.54) is 12.8 Å². The summed E-state index contributed by atoms with van der Waals surface area (Å²) >= 11 is 0. The van der Waals surface area contributed by atoms with E-state index in [0.717, 1.165) is 44.9 Å². The van der Waals surface area contributed by atoms with Gasteiger partial charge in [-0.25, -0.2) is 0 Å². The van der Waals surface area contributed by atoms with Crippen LogP contribution in [0.2, 0.25) is 0 Å². The molecule has 0 saturated carbocycles. The molecule has 0 saturated heterocycles. The van der Waals surface area contributed by atoms with E-state index in [1.54, 1.807) is 0 Å². The maximum atomic E-state index is 10.3. The van der Waals surface area contributed by atoms with Gasteiger partial charge in [-0.15, -0.1) is 0 Å². The van der Waals surface area contributed by atoms with Gasteiger partial charge in [-0.3, -0.25) is 4.79 Å². The second kappa shape index (κ2) is 15.7. The van der Waals surface area contributed by atoms with Gasteiger partial charge < -0.3 is 5.11 Å². The fourth-order valence-electron chi connectivity index (χ4n) is 1.90. The number of unbranched alkanes of at least 4 members (excludes halogenated alkanes) is 5. The third-order valence-corrected chi connectivity index (χ3v) is 3.04. The molecule has 0 spiro atoms. The molecule has 0 amide bonds. The standard InChI is InChI=1S/C18H30O2/c1-2-3-4-5-6-7-8-9-10-11-12-13-14-15-16-17-18(19)20/h3-4,6-7,9-10H,2,5,8,11-17H2,1H3,(H,19,20)/b4-3?,7-6?,10-9-. The molecule has 1 N–H and O–H groups in total. The summed E-state index contributed by atoms with van der Waals surface area (Å²) in [7, 11) is 0. The van der Waals surface area contributed by atoms with Crippen molar-refractivity contribution in [3.63, 3.8) is 0 Å².